The number of carbonyl (C=O) groups is 2. The Balaban J connectivity index is 2.26. The van der Waals surface area contributed by atoms with E-state index in [1.54, 1.807) is 13.8 Å². The summed E-state index contributed by atoms with van der Waals surface area (Å²) >= 11 is 0. The van der Waals surface area contributed by atoms with E-state index in [1.165, 1.54) is 0 Å². The number of hydrogen-bond acceptors (Lipinski definition) is 4. The van der Waals surface area contributed by atoms with Crippen LogP contribution in [0.2, 0.25) is 0 Å². The summed E-state index contributed by atoms with van der Waals surface area (Å²) in [6, 6.07) is 0.305. The molecular formula is C14H24N4O2. The maximum Gasteiger partial charge on any atom is 0.225 e. The van der Waals surface area contributed by atoms with Crippen LogP contribution in [0.3, 0.4) is 0 Å². The number of carbonyl (C=O) groups excluding carboxylic acids is 2. The van der Waals surface area contributed by atoms with Crippen molar-refractivity contribution < 1.29 is 9.59 Å². The Hall–Kier alpha value is -1.72. The van der Waals surface area contributed by atoms with Gasteiger partial charge in [-0.05, 0) is 39.5 Å². The van der Waals surface area contributed by atoms with E-state index in [2.05, 4.69) is 10.6 Å². The molecule has 0 aromatic carbocycles. The van der Waals surface area contributed by atoms with Gasteiger partial charge in [0.2, 0.25) is 11.8 Å². The molecule has 0 saturated heterocycles. The highest BCUT2D eigenvalue weighted by Crippen LogP contribution is 2.18. The minimum Gasteiger partial charge on any atom is -0.353 e. The third-order valence-electron chi connectivity index (χ3n) is 3.31. The molecule has 0 atom stereocenters. The van der Waals surface area contributed by atoms with Gasteiger partial charge in [0, 0.05) is 23.5 Å². The minimum atomic E-state index is -0.0931. The van der Waals surface area contributed by atoms with Crippen LogP contribution in [0.1, 0.15) is 52.4 Å². The van der Waals surface area contributed by atoms with Crippen molar-refractivity contribution in [2.75, 3.05) is 0 Å². The van der Waals surface area contributed by atoms with Gasteiger partial charge in [-0.3, -0.25) is 9.59 Å². The van der Waals surface area contributed by atoms with Crippen LogP contribution in [-0.4, -0.2) is 35.3 Å². The first-order valence-electron chi connectivity index (χ1n) is 7.03. The highest BCUT2D eigenvalue weighted by molar-refractivity contribution is 5.98. The van der Waals surface area contributed by atoms with E-state index in [1.807, 2.05) is 0 Å². The zero-order valence-electron chi connectivity index (χ0n) is 12.2. The first-order chi connectivity index (χ1) is 9.36. The predicted molar refractivity (Wildman–Crippen MR) is 78.4 cm³/mol. The molecule has 2 amide bonds. The number of nitrogens with one attached hydrogen (secondary N) is 4. The van der Waals surface area contributed by atoms with E-state index >= 15 is 0 Å². The lowest BCUT2D eigenvalue weighted by molar-refractivity contribution is -0.122. The second-order valence-corrected chi connectivity index (χ2v) is 5.60. The SMILES string of the molecule is CC(=N)CC(=O)NC1CCC(NC(=O)CC(C)=N)CC1. The molecule has 1 aliphatic rings. The summed E-state index contributed by atoms with van der Waals surface area (Å²) in [6.45, 7) is 3.24. The maximum atomic E-state index is 11.6. The molecule has 6 heteroatoms. The standard InChI is InChI=1S/C14H24N4O2/c1-9(15)7-13(19)17-11-3-5-12(6-4-11)18-14(20)8-10(2)16/h11-12,15-16H,3-8H2,1-2H3,(H,17,19)(H,18,20). The van der Waals surface area contributed by atoms with Gasteiger partial charge in [0.15, 0.2) is 0 Å². The van der Waals surface area contributed by atoms with E-state index in [9.17, 15) is 9.59 Å². The van der Waals surface area contributed by atoms with Gasteiger partial charge in [0.25, 0.3) is 0 Å². The van der Waals surface area contributed by atoms with E-state index in [-0.39, 0.29) is 36.7 Å². The summed E-state index contributed by atoms with van der Waals surface area (Å²) in [5, 5.41) is 20.4. The molecule has 1 saturated carbocycles. The molecule has 0 spiro atoms. The lowest BCUT2D eigenvalue weighted by Gasteiger charge is -2.29. The Kier molecular flexibility index (Phi) is 6.35. The van der Waals surface area contributed by atoms with Crippen LogP contribution in [0.25, 0.3) is 0 Å². The van der Waals surface area contributed by atoms with Gasteiger partial charge in [0.05, 0.1) is 12.8 Å². The summed E-state index contributed by atoms with van der Waals surface area (Å²) < 4.78 is 0. The van der Waals surface area contributed by atoms with Gasteiger partial charge >= 0.3 is 0 Å². The zero-order valence-corrected chi connectivity index (χ0v) is 12.2. The molecule has 0 aliphatic heterocycles. The van der Waals surface area contributed by atoms with Gasteiger partial charge in [-0.2, -0.15) is 0 Å². The molecule has 0 aromatic heterocycles. The van der Waals surface area contributed by atoms with Crippen molar-refractivity contribution in [2.45, 2.75) is 64.5 Å². The average molecular weight is 280 g/mol. The third kappa shape index (κ3) is 6.45. The maximum absolute atomic E-state index is 11.6. The molecule has 112 valence electrons. The molecule has 0 bridgehead atoms. The molecule has 0 radical (unpaired) electrons. The number of hydrogen-bond donors (Lipinski definition) is 4. The second-order valence-electron chi connectivity index (χ2n) is 5.60. The van der Waals surface area contributed by atoms with Crippen LogP contribution in [0.4, 0.5) is 0 Å². The summed E-state index contributed by atoms with van der Waals surface area (Å²) in [6.07, 6.45) is 3.70. The molecule has 1 rings (SSSR count). The first-order valence-corrected chi connectivity index (χ1v) is 7.03. The Morgan fingerprint density at radius 3 is 1.40 bits per heavy atom. The Morgan fingerprint density at radius 1 is 0.850 bits per heavy atom. The van der Waals surface area contributed by atoms with Gasteiger partial charge in [-0.25, -0.2) is 0 Å². The number of amides is 2. The van der Waals surface area contributed by atoms with Crippen LogP contribution >= 0.6 is 0 Å². The topological polar surface area (TPSA) is 106 Å². The van der Waals surface area contributed by atoms with Gasteiger partial charge in [0.1, 0.15) is 0 Å². The molecule has 20 heavy (non-hydrogen) atoms. The van der Waals surface area contributed by atoms with E-state index in [0.29, 0.717) is 11.4 Å². The average Bonchev–Trinajstić information content (AvgIpc) is 2.29. The fourth-order valence-electron chi connectivity index (χ4n) is 2.42. The smallest absolute Gasteiger partial charge is 0.225 e. The van der Waals surface area contributed by atoms with Crippen LogP contribution in [0.5, 0.6) is 0 Å². The van der Waals surface area contributed by atoms with Crippen LogP contribution in [0, 0.1) is 10.8 Å². The quantitative estimate of drug-likeness (QED) is 0.552. The molecule has 0 aromatic rings. The van der Waals surface area contributed by atoms with E-state index in [0.717, 1.165) is 25.7 Å². The second kappa shape index (κ2) is 7.77. The molecule has 6 nitrogen and oxygen atoms in total. The first kappa shape index (κ1) is 16.3. The summed E-state index contributed by atoms with van der Waals surface area (Å²) in [5.74, 6) is -0.186. The van der Waals surface area contributed by atoms with Crippen molar-refractivity contribution in [1.82, 2.24) is 10.6 Å². The zero-order chi connectivity index (χ0) is 15.1. The Morgan fingerprint density at radius 2 is 1.15 bits per heavy atom. The van der Waals surface area contributed by atoms with Crippen LogP contribution < -0.4 is 10.6 Å². The highest BCUT2D eigenvalue weighted by atomic mass is 16.2. The van der Waals surface area contributed by atoms with Gasteiger partial charge in [-0.1, -0.05) is 0 Å². The summed E-state index contributed by atoms with van der Waals surface area (Å²) in [4.78, 5) is 23.1. The largest absolute Gasteiger partial charge is 0.353 e. The molecule has 0 heterocycles. The summed E-state index contributed by atoms with van der Waals surface area (Å²) in [5.41, 5.74) is 0.732. The van der Waals surface area contributed by atoms with Crippen LogP contribution in [-0.2, 0) is 9.59 Å². The van der Waals surface area contributed by atoms with Gasteiger partial charge < -0.3 is 21.5 Å². The Bertz CT molecular complexity index is 360. The van der Waals surface area contributed by atoms with Crippen molar-refractivity contribution in [3.8, 4) is 0 Å². The summed E-state index contributed by atoms with van der Waals surface area (Å²) in [7, 11) is 0. The normalized spacial score (nSPS) is 21.9. The van der Waals surface area contributed by atoms with E-state index in [4.69, 9.17) is 10.8 Å². The Labute approximate surface area is 119 Å². The fraction of sp³-hybridized carbons (Fsp3) is 0.714. The van der Waals surface area contributed by atoms with Crippen LogP contribution in [0.15, 0.2) is 0 Å². The van der Waals surface area contributed by atoms with Crippen molar-refractivity contribution in [2.24, 2.45) is 0 Å². The molecule has 1 fully saturated rings. The molecule has 1 aliphatic carbocycles. The third-order valence-corrected chi connectivity index (χ3v) is 3.31. The molecule has 0 unspecified atom stereocenters. The van der Waals surface area contributed by atoms with Crippen molar-refractivity contribution in [1.29, 1.82) is 10.8 Å². The van der Waals surface area contributed by atoms with Gasteiger partial charge in [-0.15, -0.1) is 0 Å². The van der Waals surface area contributed by atoms with Crippen molar-refractivity contribution in [3.05, 3.63) is 0 Å². The molecule has 4 N–H and O–H groups in total. The number of rotatable bonds is 6. The lowest BCUT2D eigenvalue weighted by atomic mass is 9.91. The minimum absolute atomic E-state index is 0.0931. The van der Waals surface area contributed by atoms with Crippen molar-refractivity contribution >= 4 is 23.2 Å². The fourth-order valence-corrected chi connectivity index (χ4v) is 2.42. The van der Waals surface area contributed by atoms with E-state index < -0.39 is 0 Å². The monoisotopic (exact) mass is 280 g/mol. The highest BCUT2D eigenvalue weighted by Gasteiger charge is 2.23. The van der Waals surface area contributed by atoms with Crippen molar-refractivity contribution in [3.63, 3.8) is 0 Å². The lowest BCUT2D eigenvalue weighted by Crippen LogP contribution is -2.44. The molecular weight excluding hydrogens is 256 g/mol. The predicted octanol–water partition coefficient (Wildman–Crippen LogP) is 1.39.